The van der Waals surface area contributed by atoms with E-state index >= 15 is 0 Å². The van der Waals surface area contributed by atoms with E-state index in [0.29, 0.717) is 5.75 Å². The second kappa shape index (κ2) is 5.48. The van der Waals surface area contributed by atoms with E-state index in [1.54, 1.807) is 12.3 Å². The minimum Gasteiger partial charge on any atom is -0.508 e. The zero-order valence-electron chi connectivity index (χ0n) is 9.98. The van der Waals surface area contributed by atoms with Crippen LogP contribution in [0.2, 0.25) is 0 Å². The zero-order valence-corrected chi connectivity index (χ0v) is 9.98. The molecule has 2 rings (SSSR count). The van der Waals surface area contributed by atoms with Gasteiger partial charge in [-0.3, -0.25) is 0 Å². The summed E-state index contributed by atoms with van der Waals surface area (Å²) in [6, 6.07) is 5.80. The van der Waals surface area contributed by atoms with E-state index in [9.17, 15) is 5.11 Å². The van der Waals surface area contributed by atoms with Crippen LogP contribution < -0.4 is 0 Å². The highest BCUT2D eigenvalue weighted by Gasteiger charge is 2.00. The first kappa shape index (κ1) is 11.6. The van der Waals surface area contributed by atoms with Crippen LogP contribution in [0.3, 0.4) is 0 Å². The van der Waals surface area contributed by atoms with E-state index in [-0.39, 0.29) is 0 Å². The third kappa shape index (κ3) is 3.31. The topological polar surface area (TPSA) is 61.8 Å². The fourth-order valence-electron chi connectivity index (χ4n) is 1.85. The maximum Gasteiger partial charge on any atom is 0.118 e. The van der Waals surface area contributed by atoms with Crippen LogP contribution in [-0.4, -0.2) is 20.5 Å². The maximum absolute atomic E-state index is 9.42. The van der Waals surface area contributed by atoms with Gasteiger partial charge >= 0.3 is 0 Å². The molecular weight excluding hydrogens is 214 g/mol. The van der Waals surface area contributed by atoms with Crippen molar-refractivity contribution in [2.75, 3.05) is 0 Å². The van der Waals surface area contributed by atoms with E-state index in [4.69, 9.17) is 0 Å². The molecule has 0 fully saturated rings. The Morgan fingerprint density at radius 2 is 2.06 bits per heavy atom. The van der Waals surface area contributed by atoms with Crippen LogP contribution in [0.15, 0.2) is 24.4 Å². The van der Waals surface area contributed by atoms with Crippen molar-refractivity contribution in [1.29, 1.82) is 0 Å². The highest BCUT2D eigenvalue weighted by atomic mass is 16.3. The van der Waals surface area contributed by atoms with Gasteiger partial charge in [0.25, 0.3) is 0 Å². The largest absolute Gasteiger partial charge is 0.508 e. The maximum atomic E-state index is 9.42. The Labute approximate surface area is 101 Å². The lowest BCUT2D eigenvalue weighted by Crippen LogP contribution is -1.90. The number of nitrogens with zero attached hydrogens (tertiary/aromatic N) is 2. The molecule has 0 radical (unpaired) electrons. The Kier molecular flexibility index (Phi) is 3.75. The second-order valence-electron chi connectivity index (χ2n) is 4.29. The fraction of sp³-hybridized carbons (Fsp3) is 0.385. The molecule has 0 spiro atoms. The minimum atomic E-state index is 0.372. The lowest BCUT2D eigenvalue weighted by molar-refractivity contribution is 0.471. The Morgan fingerprint density at radius 1 is 1.24 bits per heavy atom. The van der Waals surface area contributed by atoms with Crippen LogP contribution in [0.4, 0.5) is 0 Å². The number of hydrogen-bond donors (Lipinski definition) is 2. The number of aromatic nitrogens is 3. The Bertz CT molecular complexity index is 466. The van der Waals surface area contributed by atoms with Crippen molar-refractivity contribution in [2.45, 2.75) is 32.6 Å². The number of phenolic OH excluding ortho intramolecular Hbond substituents is 1. The van der Waals surface area contributed by atoms with Crippen molar-refractivity contribution in [3.05, 3.63) is 41.2 Å². The first-order chi connectivity index (χ1) is 8.25. The van der Waals surface area contributed by atoms with Gasteiger partial charge in [-0.15, -0.1) is 0 Å². The number of benzene rings is 1. The molecule has 2 aromatic rings. The molecule has 0 unspecified atom stereocenters. The van der Waals surface area contributed by atoms with Crippen LogP contribution in [0.5, 0.6) is 5.75 Å². The Morgan fingerprint density at radius 3 is 2.76 bits per heavy atom. The molecule has 4 heteroatoms. The fourth-order valence-corrected chi connectivity index (χ4v) is 1.85. The van der Waals surface area contributed by atoms with E-state index in [1.165, 1.54) is 5.56 Å². The summed E-state index contributed by atoms with van der Waals surface area (Å²) in [5, 5.41) is 19.8. The standard InChI is InChI=1S/C13H17N3O/c1-10-8-11(6-7-13(10)17)4-2-3-5-12-9-14-16-15-12/h6-9,17H,2-5H2,1H3,(H,14,15,16). The zero-order chi connectivity index (χ0) is 12.1. The van der Waals surface area contributed by atoms with Gasteiger partial charge in [-0.05, 0) is 49.8 Å². The minimum absolute atomic E-state index is 0.372. The third-order valence-electron chi connectivity index (χ3n) is 2.87. The van der Waals surface area contributed by atoms with Crippen molar-refractivity contribution >= 4 is 0 Å². The van der Waals surface area contributed by atoms with Crippen LogP contribution in [0, 0.1) is 6.92 Å². The Hall–Kier alpha value is -1.84. The molecule has 0 aliphatic heterocycles. The number of nitrogens with one attached hydrogen (secondary N) is 1. The second-order valence-corrected chi connectivity index (χ2v) is 4.29. The van der Waals surface area contributed by atoms with Gasteiger partial charge in [-0.2, -0.15) is 15.4 Å². The van der Waals surface area contributed by atoms with E-state index in [1.807, 2.05) is 19.1 Å². The Balaban J connectivity index is 1.76. The third-order valence-corrected chi connectivity index (χ3v) is 2.87. The summed E-state index contributed by atoms with van der Waals surface area (Å²) in [7, 11) is 0. The molecule has 0 aliphatic carbocycles. The molecule has 1 aromatic carbocycles. The predicted octanol–water partition coefficient (Wildman–Crippen LogP) is 2.38. The van der Waals surface area contributed by atoms with Crippen molar-refractivity contribution in [3.8, 4) is 5.75 Å². The van der Waals surface area contributed by atoms with Crippen LogP contribution >= 0.6 is 0 Å². The first-order valence-corrected chi connectivity index (χ1v) is 5.89. The van der Waals surface area contributed by atoms with Gasteiger partial charge in [0.05, 0.1) is 11.9 Å². The number of unbranched alkanes of at least 4 members (excludes halogenated alkanes) is 1. The normalized spacial score (nSPS) is 10.6. The molecule has 0 bridgehead atoms. The average Bonchev–Trinajstić information content (AvgIpc) is 2.82. The molecule has 0 saturated carbocycles. The summed E-state index contributed by atoms with van der Waals surface area (Å²) >= 11 is 0. The van der Waals surface area contributed by atoms with Crippen molar-refractivity contribution in [1.82, 2.24) is 15.4 Å². The van der Waals surface area contributed by atoms with Gasteiger partial charge in [0.2, 0.25) is 0 Å². The number of hydrogen-bond acceptors (Lipinski definition) is 3. The number of H-pyrrole nitrogens is 1. The molecule has 1 heterocycles. The van der Waals surface area contributed by atoms with Crippen molar-refractivity contribution < 1.29 is 5.11 Å². The molecular formula is C13H17N3O. The highest BCUT2D eigenvalue weighted by Crippen LogP contribution is 2.18. The monoisotopic (exact) mass is 231 g/mol. The molecule has 1 aromatic heterocycles. The molecule has 90 valence electrons. The van der Waals surface area contributed by atoms with Gasteiger partial charge in [0.1, 0.15) is 5.75 Å². The van der Waals surface area contributed by atoms with Gasteiger partial charge in [0.15, 0.2) is 0 Å². The first-order valence-electron chi connectivity index (χ1n) is 5.89. The van der Waals surface area contributed by atoms with E-state index in [2.05, 4.69) is 15.4 Å². The predicted molar refractivity (Wildman–Crippen MR) is 65.9 cm³/mol. The lowest BCUT2D eigenvalue weighted by atomic mass is 10.0. The van der Waals surface area contributed by atoms with Gasteiger partial charge in [-0.1, -0.05) is 12.1 Å². The summed E-state index contributed by atoms with van der Waals surface area (Å²) in [6.45, 7) is 1.92. The summed E-state index contributed by atoms with van der Waals surface area (Å²) in [4.78, 5) is 0. The highest BCUT2D eigenvalue weighted by molar-refractivity contribution is 5.34. The number of aromatic hydroxyl groups is 1. The number of aryl methyl sites for hydroxylation is 3. The molecule has 17 heavy (non-hydrogen) atoms. The van der Waals surface area contributed by atoms with Crippen LogP contribution in [0.25, 0.3) is 0 Å². The molecule has 0 atom stereocenters. The summed E-state index contributed by atoms with van der Waals surface area (Å²) in [5.41, 5.74) is 3.24. The van der Waals surface area contributed by atoms with Crippen LogP contribution in [0.1, 0.15) is 29.7 Å². The van der Waals surface area contributed by atoms with Gasteiger partial charge in [-0.25, -0.2) is 0 Å². The average molecular weight is 231 g/mol. The molecule has 2 N–H and O–H groups in total. The van der Waals surface area contributed by atoms with Gasteiger partial charge in [0, 0.05) is 0 Å². The number of phenols is 1. The van der Waals surface area contributed by atoms with Crippen molar-refractivity contribution in [2.24, 2.45) is 0 Å². The quantitative estimate of drug-likeness (QED) is 0.777. The molecule has 0 amide bonds. The smallest absolute Gasteiger partial charge is 0.118 e. The van der Waals surface area contributed by atoms with Crippen LogP contribution in [-0.2, 0) is 12.8 Å². The summed E-state index contributed by atoms with van der Waals surface area (Å²) < 4.78 is 0. The number of rotatable bonds is 5. The molecule has 0 saturated heterocycles. The van der Waals surface area contributed by atoms with Crippen molar-refractivity contribution in [3.63, 3.8) is 0 Å². The summed E-state index contributed by atoms with van der Waals surface area (Å²) in [6.07, 6.45) is 6.00. The van der Waals surface area contributed by atoms with E-state index in [0.717, 1.165) is 36.9 Å². The number of aromatic amines is 1. The van der Waals surface area contributed by atoms with E-state index < -0.39 is 0 Å². The lowest BCUT2D eigenvalue weighted by Gasteiger charge is -2.04. The molecule has 4 nitrogen and oxygen atoms in total. The SMILES string of the molecule is Cc1cc(CCCCc2cn[nH]n2)ccc1O. The summed E-state index contributed by atoms with van der Waals surface area (Å²) in [5.74, 6) is 0.372. The van der Waals surface area contributed by atoms with Gasteiger partial charge < -0.3 is 5.11 Å². The molecule has 0 aliphatic rings.